The third-order valence-corrected chi connectivity index (χ3v) is 6.29. The second-order valence-corrected chi connectivity index (χ2v) is 8.78. The summed E-state index contributed by atoms with van der Waals surface area (Å²) in [4.78, 5) is 6.04. The van der Waals surface area contributed by atoms with Gasteiger partial charge in [-0.1, -0.05) is 18.2 Å². The summed E-state index contributed by atoms with van der Waals surface area (Å²) in [7, 11) is 0. The molecule has 1 aromatic carbocycles. The van der Waals surface area contributed by atoms with E-state index in [1.165, 1.54) is 4.90 Å². The molecule has 2 N–H and O–H groups in total. The minimum absolute atomic E-state index is 0.0273. The Morgan fingerprint density at radius 2 is 1.90 bits per heavy atom. The largest absolute Gasteiger partial charge is 0.469 e. The number of guanidine groups is 1. The van der Waals surface area contributed by atoms with Gasteiger partial charge in [-0.3, -0.25) is 4.99 Å². The minimum atomic E-state index is -0.467. The summed E-state index contributed by atoms with van der Waals surface area (Å²) in [6, 6.07) is 14.3. The predicted octanol–water partition coefficient (Wildman–Crippen LogP) is 3.07. The minimum Gasteiger partial charge on any atom is -0.469 e. The van der Waals surface area contributed by atoms with Gasteiger partial charge in [0.05, 0.1) is 32.6 Å². The monoisotopic (exact) mass is 445 g/mol. The Hall–Kier alpha value is -2.00. The molecule has 1 aromatic heterocycles. The molecule has 2 fully saturated rings. The van der Waals surface area contributed by atoms with Crippen LogP contribution < -0.4 is 10.6 Å². The molecular weight excluding hydrogens is 414 g/mol. The SMILES string of the molecule is c1ccc(SCCNC(=NCC2COC3(CCOCC3)O2)NCCc2ccco2)cc1. The highest BCUT2D eigenvalue weighted by Gasteiger charge is 2.42. The van der Waals surface area contributed by atoms with Gasteiger partial charge in [-0.2, -0.15) is 0 Å². The second-order valence-electron chi connectivity index (χ2n) is 7.61. The maximum atomic E-state index is 6.20. The number of thioether (sulfide) groups is 1. The van der Waals surface area contributed by atoms with E-state index >= 15 is 0 Å². The molecule has 2 aromatic rings. The molecule has 0 amide bonds. The predicted molar refractivity (Wildman–Crippen MR) is 121 cm³/mol. The van der Waals surface area contributed by atoms with Gasteiger partial charge in [-0.05, 0) is 24.3 Å². The number of nitrogens with zero attached hydrogens (tertiary/aromatic N) is 1. The van der Waals surface area contributed by atoms with Gasteiger partial charge in [-0.15, -0.1) is 11.8 Å². The number of hydrogen-bond acceptors (Lipinski definition) is 6. The van der Waals surface area contributed by atoms with Crippen molar-refractivity contribution in [3.63, 3.8) is 0 Å². The summed E-state index contributed by atoms with van der Waals surface area (Å²) < 4.78 is 23.0. The van der Waals surface area contributed by atoms with Crippen LogP contribution in [0, 0.1) is 0 Å². The summed E-state index contributed by atoms with van der Waals surface area (Å²) in [5.74, 6) is 2.23. The van der Waals surface area contributed by atoms with Crippen molar-refractivity contribution in [3.8, 4) is 0 Å². The maximum absolute atomic E-state index is 6.20. The van der Waals surface area contributed by atoms with Crippen LogP contribution in [0.2, 0.25) is 0 Å². The van der Waals surface area contributed by atoms with E-state index in [1.54, 1.807) is 6.26 Å². The van der Waals surface area contributed by atoms with Gasteiger partial charge >= 0.3 is 0 Å². The van der Waals surface area contributed by atoms with Crippen LogP contribution >= 0.6 is 11.8 Å². The van der Waals surface area contributed by atoms with Gasteiger partial charge in [0, 0.05) is 43.0 Å². The van der Waals surface area contributed by atoms with Crippen LogP contribution in [0.25, 0.3) is 0 Å². The Balaban J connectivity index is 1.25. The topological polar surface area (TPSA) is 77.3 Å². The smallest absolute Gasteiger partial charge is 0.191 e. The maximum Gasteiger partial charge on any atom is 0.191 e. The summed E-state index contributed by atoms with van der Waals surface area (Å²) in [6.45, 7) is 4.08. The summed E-state index contributed by atoms with van der Waals surface area (Å²) in [5.41, 5.74) is 0. The molecular formula is C23H31N3O4S. The van der Waals surface area contributed by atoms with Crippen LogP contribution in [-0.2, 0) is 20.6 Å². The molecule has 7 nitrogen and oxygen atoms in total. The summed E-state index contributed by atoms with van der Waals surface area (Å²) in [6.07, 6.45) is 4.05. The van der Waals surface area contributed by atoms with Crippen molar-refractivity contribution in [1.82, 2.24) is 10.6 Å². The number of ether oxygens (including phenoxy) is 3. The lowest BCUT2D eigenvalue weighted by molar-refractivity contribution is -0.210. The van der Waals surface area contributed by atoms with E-state index in [0.717, 1.165) is 49.8 Å². The third kappa shape index (κ3) is 7.00. The third-order valence-electron chi connectivity index (χ3n) is 5.27. The van der Waals surface area contributed by atoms with Crippen molar-refractivity contribution in [2.45, 2.75) is 36.0 Å². The first-order valence-electron chi connectivity index (χ1n) is 10.9. The molecule has 0 aliphatic carbocycles. The van der Waals surface area contributed by atoms with Crippen molar-refractivity contribution in [3.05, 3.63) is 54.5 Å². The van der Waals surface area contributed by atoms with Crippen LogP contribution in [0.1, 0.15) is 18.6 Å². The number of furan rings is 1. The highest BCUT2D eigenvalue weighted by atomic mass is 32.2. The van der Waals surface area contributed by atoms with Crippen molar-refractivity contribution in [1.29, 1.82) is 0 Å². The molecule has 4 rings (SSSR count). The van der Waals surface area contributed by atoms with E-state index in [2.05, 4.69) is 34.9 Å². The van der Waals surface area contributed by atoms with Gasteiger partial charge in [0.1, 0.15) is 11.9 Å². The molecule has 3 heterocycles. The molecule has 8 heteroatoms. The zero-order valence-corrected chi connectivity index (χ0v) is 18.6. The molecule has 2 aliphatic heterocycles. The van der Waals surface area contributed by atoms with Crippen molar-refractivity contribution in [2.24, 2.45) is 4.99 Å². The fraction of sp³-hybridized carbons (Fsp3) is 0.522. The van der Waals surface area contributed by atoms with E-state index in [-0.39, 0.29) is 6.10 Å². The molecule has 0 saturated carbocycles. The molecule has 2 saturated heterocycles. The molecule has 0 bridgehead atoms. The van der Waals surface area contributed by atoms with Crippen LogP contribution in [0.4, 0.5) is 0 Å². The quantitative estimate of drug-likeness (QED) is 0.266. The zero-order chi connectivity index (χ0) is 21.2. The van der Waals surface area contributed by atoms with Crippen LogP contribution in [0.15, 0.2) is 63.0 Å². The Morgan fingerprint density at radius 3 is 2.71 bits per heavy atom. The normalized spacial score (nSPS) is 20.8. The van der Waals surface area contributed by atoms with E-state index in [1.807, 2.05) is 30.0 Å². The van der Waals surface area contributed by atoms with Crippen LogP contribution in [0.3, 0.4) is 0 Å². The molecule has 0 radical (unpaired) electrons. The lowest BCUT2D eigenvalue weighted by atomic mass is 10.1. The fourth-order valence-electron chi connectivity index (χ4n) is 3.63. The van der Waals surface area contributed by atoms with Crippen molar-refractivity contribution in [2.75, 3.05) is 45.2 Å². The van der Waals surface area contributed by atoms with Gasteiger partial charge in [-0.25, -0.2) is 0 Å². The Morgan fingerprint density at radius 1 is 1.06 bits per heavy atom. The Bertz CT molecular complexity index is 794. The lowest BCUT2D eigenvalue weighted by Gasteiger charge is -2.31. The highest BCUT2D eigenvalue weighted by molar-refractivity contribution is 7.99. The average molecular weight is 446 g/mol. The number of benzene rings is 1. The summed E-state index contributed by atoms with van der Waals surface area (Å²) in [5, 5.41) is 6.84. The number of hydrogen-bond donors (Lipinski definition) is 2. The van der Waals surface area contributed by atoms with E-state index in [0.29, 0.717) is 26.4 Å². The standard InChI is InChI=1S/C23H31N3O4S/c1-2-6-21(7-3-1)31-16-12-25-22(24-11-8-19-5-4-13-28-19)26-17-20-18-29-23(30-20)9-14-27-15-10-23/h1-7,13,20H,8-12,14-18H2,(H2,24,25,26). The summed E-state index contributed by atoms with van der Waals surface area (Å²) >= 11 is 1.83. The first kappa shape index (κ1) is 22.2. The molecule has 168 valence electrons. The first-order valence-corrected chi connectivity index (χ1v) is 11.9. The number of nitrogens with one attached hydrogen (secondary N) is 2. The van der Waals surface area contributed by atoms with Crippen molar-refractivity contribution >= 4 is 17.7 Å². The van der Waals surface area contributed by atoms with Gasteiger partial charge in [0.15, 0.2) is 11.7 Å². The molecule has 1 unspecified atom stereocenters. The number of rotatable bonds is 9. The Kier molecular flexibility index (Phi) is 8.29. The van der Waals surface area contributed by atoms with Gasteiger partial charge < -0.3 is 29.3 Å². The lowest BCUT2D eigenvalue weighted by Crippen LogP contribution is -2.40. The van der Waals surface area contributed by atoms with E-state index < -0.39 is 5.79 Å². The van der Waals surface area contributed by atoms with Crippen molar-refractivity contribution < 1.29 is 18.6 Å². The van der Waals surface area contributed by atoms with Crippen LogP contribution in [-0.4, -0.2) is 63.1 Å². The fourth-order valence-corrected chi connectivity index (χ4v) is 4.42. The molecule has 1 atom stereocenters. The van der Waals surface area contributed by atoms with E-state index in [4.69, 9.17) is 23.6 Å². The molecule has 1 spiro atoms. The van der Waals surface area contributed by atoms with Gasteiger partial charge in [0.2, 0.25) is 0 Å². The number of aliphatic imine (C=N–C) groups is 1. The van der Waals surface area contributed by atoms with E-state index in [9.17, 15) is 0 Å². The molecule has 31 heavy (non-hydrogen) atoms. The first-order chi connectivity index (χ1) is 15.3. The zero-order valence-electron chi connectivity index (χ0n) is 17.8. The molecule has 2 aliphatic rings. The second kappa shape index (κ2) is 11.6. The Labute approximate surface area is 187 Å². The van der Waals surface area contributed by atoms with Crippen LogP contribution in [0.5, 0.6) is 0 Å². The van der Waals surface area contributed by atoms with Gasteiger partial charge in [0.25, 0.3) is 0 Å². The average Bonchev–Trinajstić information content (AvgIpc) is 3.46. The highest BCUT2D eigenvalue weighted by Crippen LogP contribution is 2.33.